The Kier molecular flexibility index (Phi) is 7.59. The van der Waals surface area contributed by atoms with Gasteiger partial charge in [-0.1, -0.05) is 35.4 Å². The van der Waals surface area contributed by atoms with Gasteiger partial charge in [0, 0.05) is 10.7 Å². The van der Waals surface area contributed by atoms with E-state index in [1.165, 1.54) is 36.4 Å². The fourth-order valence-corrected chi connectivity index (χ4v) is 4.56. The Bertz CT molecular complexity index is 1390. The highest BCUT2D eigenvalue weighted by atomic mass is 79.9. The van der Waals surface area contributed by atoms with E-state index in [1.54, 1.807) is 18.2 Å². The van der Waals surface area contributed by atoms with E-state index < -0.39 is 16.0 Å². The third kappa shape index (κ3) is 6.23. The predicted molar refractivity (Wildman–Crippen MR) is 132 cm³/mol. The zero-order valence-corrected chi connectivity index (χ0v) is 20.8. The van der Waals surface area contributed by atoms with Gasteiger partial charge in [0.25, 0.3) is 5.91 Å². The quantitative estimate of drug-likeness (QED) is 0.232. The third-order valence-corrected chi connectivity index (χ3v) is 6.68. The van der Waals surface area contributed by atoms with Gasteiger partial charge in [0.1, 0.15) is 16.5 Å². The van der Waals surface area contributed by atoms with Crippen LogP contribution in [0, 0.1) is 25.2 Å². The second-order valence-corrected chi connectivity index (χ2v) is 9.96. The van der Waals surface area contributed by atoms with Crippen LogP contribution in [0.15, 0.2) is 75.6 Å². The van der Waals surface area contributed by atoms with Crippen LogP contribution in [-0.4, -0.2) is 14.3 Å². The van der Waals surface area contributed by atoms with Crippen molar-refractivity contribution < 1.29 is 17.4 Å². The summed E-state index contributed by atoms with van der Waals surface area (Å²) >= 11 is 9.08. The minimum absolute atomic E-state index is 0.0439. The maximum absolute atomic E-state index is 12.6. The van der Waals surface area contributed by atoms with Gasteiger partial charge in [-0.15, -0.1) is 0 Å². The molecule has 9 heteroatoms. The number of hydrogen-bond donors (Lipinski definition) is 1. The van der Waals surface area contributed by atoms with E-state index in [9.17, 15) is 18.5 Å². The number of carbonyl (C=O) groups is 1. The van der Waals surface area contributed by atoms with E-state index in [0.717, 1.165) is 11.1 Å². The van der Waals surface area contributed by atoms with E-state index in [-0.39, 0.29) is 16.2 Å². The largest absolute Gasteiger partial charge is 0.378 e. The lowest BCUT2D eigenvalue weighted by atomic mass is 10.1. The van der Waals surface area contributed by atoms with Gasteiger partial charge in [0.15, 0.2) is 5.75 Å². The van der Waals surface area contributed by atoms with Crippen molar-refractivity contribution in [1.29, 1.82) is 5.26 Å². The molecule has 6 nitrogen and oxygen atoms in total. The summed E-state index contributed by atoms with van der Waals surface area (Å²) in [4.78, 5) is 12.5. The number of nitriles is 1. The minimum atomic E-state index is -4.07. The topological polar surface area (TPSA) is 96.3 Å². The molecule has 0 aromatic heterocycles. The molecule has 0 aliphatic rings. The van der Waals surface area contributed by atoms with Crippen LogP contribution in [0.4, 0.5) is 5.69 Å². The van der Waals surface area contributed by atoms with E-state index in [4.69, 9.17) is 15.8 Å². The maximum Gasteiger partial charge on any atom is 0.339 e. The monoisotopic (exact) mass is 544 g/mol. The number of rotatable bonds is 6. The average molecular weight is 546 g/mol. The molecule has 33 heavy (non-hydrogen) atoms. The number of carbonyl (C=O) groups excluding carboxylic acids is 1. The van der Waals surface area contributed by atoms with Gasteiger partial charge in [-0.05, 0) is 89.4 Å². The van der Waals surface area contributed by atoms with Gasteiger partial charge in [-0.2, -0.15) is 13.7 Å². The lowest BCUT2D eigenvalue weighted by Gasteiger charge is -2.10. The Morgan fingerprint density at radius 2 is 1.79 bits per heavy atom. The molecule has 0 aliphatic heterocycles. The van der Waals surface area contributed by atoms with E-state index >= 15 is 0 Å². The normalized spacial score (nSPS) is 11.5. The number of nitrogens with one attached hydrogen (secondary N) is 1. The Labute approximate surface area is 205 Å². The standard InChI is InChI=1S/C24H18BrClN2O4S/c1-15-3-9-22(16(2)11-15)28-24(29)18(14-27)12-17-4-10-23(21(25)13-17)32-33(30,31)20-7-5-19(26)6-8-20/h3-13H,1-2H3,(H,28,29)/b18-12+. The highest BCUT2D eigenvalue weighted by Crippen LogP contribution is 2.30. The zero-order valence-electron chi connectivity index (χ0n) is 17.6. The molecule has 0 unspecified atom stereocenters. The van der Waals surface area contributed by atoms with Crippen LogP contribution >= 0.6 is 27.5 Å². The lowest BCUT2D eigenvalue weighted by Crippen LogP contribution is -2.14. The molecule has 3 rings (SSSR count). The third-order valence-electron chi connectivity index (χ3n) is 4.56. The first-order valence-corrected chi connectivity index (χ1v) is 12.2. The summed E-state index contributed by atoms with van der Waals surface area (Å²) < 4.78 is 30.5. The van der Waals surface area contributed by atoms with E-state index in [1.807, 2.05) is 32.0 Å². The van der Waals surface area contributed by atoms with Crippen LogP contribution in [0.3, 0.4) is 0 Å². The predicted octanol–water partition coefficient (Wildman–Crippen LogP) is 6.03. The van der Waals surface area contributed by atoms with Crippen LogP contribution < -0.4 is 9.50 Å². The zero-order chi connectivity index (χ0) is 24.2. The molecule has 168 valence electrons. The number of halogens is 2. The second kappa shape index (κ2) is 10.2. The smallest absolute Gasteiger partial charge is 0.339 e. The molecule has 0 bridgehead atoms. The molecule has 0 fully saturated rings. The summed E-state index contributed by atoms with van der Waals surface area (Å²) in [6.07, 6.45) is 1.40. The molecule has 3 aromatic carbocycles. The van der Waals surface area contributed by atoms with Gasteiger partial charge < -0.3 is 9.50 Å². The highest BCUT2D eigenvalue weighted by molar-refractivity contribution is 9.10. The molecule has 0 spiro atoms. The Morgan fingerprint density at radius 1 is 1.09 bits per heavy atom. The van der Waals surface area contributed by atoms with Crippen molar-refractivity contribution in [2.45, 2.75) is 18.7 Å². The molecule has 0 radical (unpaired) electrons. The Hall–Kier alpha value is -3.12. The molecule has 3 aromatic rings. The molecule has 1 N–H and O–H groups in total. The summed E-state index contributed by atoms with van der Waals surface area (Å²) in [5.41, 5.74) is 2.96. The van der Waals surface area contributed by atoms with Crippen molar-refractivity contribution in [1.82, 2.24) is 0 Å². The molecule has 0 atom stereocenters. The number of hydrogen-bond acceptors (Lipinski definition) is 5. The van der Waals surface area contributed by atoms with Crippen molar-refractivity contribution in [3.8, 4) is 11.8 Å². The van der Waals surface area contributed by atoms with E-state index in [0.29, 0.717) is 20.7 Å². The number of amides is 1. The fourth-order valence-electron chi connectivity index (χ4n) is 2.90. The van der Waals surface area contributed by atoms with Gasteiger partial charge in [-0.3, -0.25) is 4.79 Å². The molecule has 1 amide bonds. The fraction of sp³-hybridized carbons (Fsp3) is 0.0833. The average Bonchev–Trinajstić information content (AvgIpc) is 2.76. The number of nitrogens with zero attached hydrogens (tertiary/aromatic N) is 1. The molecule has 0 saturated heterocycles. The van der Waals surface area contributed by atoms with Crippen LogP contribution in [0.5, 0.6) is 5.75 Å². The van der Waals surface area contributed by atoms with Crippen molar-refractivity contribution in [2.24, 2.45) is 0 Å². The van der Waals surface area contributed by atoms with Crippen LogP contribution in [0.25, 0.3) is 6.08 Å². The summed E-state index contributed by atoms with van der Waals surface area (Å²) in [7, 11) is -4.07. The van der Waals surface area contributed by atoms with Crippen molar-refractivity contribution >= 4 is 55.3 Å². The van der Waals surface area contributed by atoms with Crippen LogP contribution in [0.1, 0.15) is 16.7 Å². The Morgan fingerprint density at radius 3 is 2.39 bits per heavy atom. The van der Waals surface area contributed by atoms with Crippen LogP contribution in [0.2, 0.25) is 5.02 Å². The molecular formula is C24H18BrClN2O4S. The highest BCUT2D eigenvalue weighted by Gasteiger charge is 2.18. The molecule has 0 saturated carbocycles. The SMILES string of the molecule is Cc1ccc(NC(=O)/C(C#N)=C/c2ccc(OS(=O)(=O)c3ccc(Cl)cc3)c(Br)c2)c(C)c1. The Balaban J connectivity index is 1.80. The summed E-state index contributed by atoms with van der Waals surface area (Å²) in [5.74, 6) is -0.494. The first-order valence-electron chi connectivity index (χ1n) is 9.59. The second-order valence-electron chi connectivity index (χ2n) is 7.12. The maximum atomic E-state index is 12.6. The van der Waals surface area contributed by atoms with Gasteiger partial charge in [0.05, 0.1) is 4.47 Å². The minimum Gasteiger partial charge on any atom is -0.378 e. The summed E-state index contributed by atoms with van der Waals surface area (Å²) in [6, 6.07) is 17.6. The van der Waals surface area contributed by atoms with Gasteiger partial charge in [0.2, 0.25) is 0 Å². The van der Waals surface area contributed by atoms with Crippen molar-refractivity contribution in [3.05, 3.63) is 92.4 Å². The summed E-state index contributed by atoms with van der Waals surface area (Å²) in [6.45, 7) is 3.82. The molecule has 0 aliphatic carbocycles. The summed E-state index contributed by atoms with van der Waals surface area (Å²) in [5, 5.41) is 12.6. The number of benzene rings is 3. The number of anilines is 1. The van der Waals surface area contributed by atoms with E-state index in [2.05, 4.69) is 21.2 Å². The number of aryl methyl sites for hydroxylation is 2. The first kappa shape index (κ1) is 24.5. The molecule has 0 heterocycles. The van der Waals surface area contributed by atoms with Gasteiger partial charge >= 0.3 is 10.1 Å². The van der Waals surface area contributed by atoms with Gasteiger partial charge in [-0.25, -0.2) is 0 Å². The van der Waals surface area contributed by atoms with Crippen LogP contribution in [-0.2, 0) is 14.9 Å². The van der Waals surface area contributed by atoms with Crippen molar-refractivity contribution in [2.75, 3.05) is 5.32 Å². The first-order chi connectivity index (χ1) is 15.6. The molecular weight excluding hydrogens is 528 g/mol. The lowest BCUT2D eigenvalue weighted by molar-refractivity contribution is -0.112. The van der Waals surface area contributed by atoms with Crippen molar-refractivity contribution in [3.63, 3.8) is 0 Å².